The number of nitrogens with one attached hydrogen (secondary N) is 1. The number of aromatic nitrogens is 3. The molecular formula is C17H12BrCl3N4OS. The van der Waals surface area contributed by atoms with Crippen molar-refractivity contribution in [2.75, 3.05) is 11.1 Å². The molecule has 140 valence electrons. The molecule has 27 heavy (non-hydrogen) atoms. The summed E-state index contributed by atoms with van der Waals surface area (Å²) in [7, 11) is 1.81. The highest BCUT2D eigenvalue weighted by molar-refractivity contribution is 9.10. The van der Waals surface area contributed by atoms with Crippen molar-refractivity contribution in [3.63, 3.8) is 0 Å². The molecule has 0 atom stereocenters. The molecule has 1 amide bonds. The number of halogens is 4. The lowest BCUT2D eigenvalue weighted by Gasteiger charge is -2.08. The summed E-state index contributed by atoms with van der Waals surface area (Å²) in [6, 6.07) is 10.4. The van der Waals surface area contributed by atoms with Crippen LogP contribution < -0.4 is 5.32 Å². The van der Waals surface area contributed by atoms with Gasteiger partial charge in [0.25, 0.3) is 0 Å². The van der Waals surface area contributed by atoms with Crippen molar-refractivity contribution < 1.29 is 4.79 Å². The van der Waals surface area contributed by atoms with Crippen LogP contribution in [0.1, 0.15) is 0 Å². The molecule has 0 bridgehead atoms. The predicted octanol–water partition coefficient (Wildman–Crippen LogP) is 5.94. The summed E-state index contributed by atoms with van der Waals surface area (Å²) in [5.41, 5.74) is 1.27. The summed E-state index contributed by atoms with van der Waals surface area (Å²) in [4.78, 5) is 12.2. The van der Waals surface area contributed by atoms with Crippen molar-refractivity contribution >= 4 is 74.1 Å². The zero-order valence-electron chi connectivity index (χ0n) is 13.8. The Balaban J connectivity index is 1.68. The Bertz CT molecular complexity index is 1010. The zero-order chi connectivity index (χ0) is 19.6. The van der Waals surface area contributed by atoms with E-state index in [-0.39, 0.29) is 11.7 Å². The van der Waals surface area contributed by atoms with Gasteiger partial charge < -0.3 is 9.88 Å². The van der Waals surface area contributed by atoms with Crippen molar-refractivity contribution in [3.8, 4) is 11.4 Å². The standard InChI is InChI=1S/C17H12BrCl3N4OS/c1-25-16(11-4-3-10(19)7-12(11)20)23-24-17(25)27-8-15(26)22-14-5-2-9(18)6-13(14)21/h2-7H,8H2,1H3,(H,22,26). The van der Waals surface area contributed by atoms with Gasteiger partial charge in [0.1, 0.15) is 0 Å². The second-order valence-corrected chi connectivity index (χ2v) is 8.56. The van der Waals surface area contributed by atoms with Crippen molar-refractivity contribution in [1.29, 1.82) is 0 Å². The largest absolute Gasteiger partial charge is 0.324 e. The molecule has 0 fully saturated rings. The third kappa shape index (κ3) is 4.97. The molecule has 1 heterocycles. The Hall–Kier alpha value is -1.25. The van der Waals surface area contributed by atoms with Gasteiger partial charge in [0.05, 0.1) is 21.5 Å². The summed E-state index contributed by atoms with van der Waals surface area (Å²) in [5, 5.41) is 13.2. The second-order valence-electron chi connectivity index (χ2n) is 5.45. The molecular weight excluding hydrogens is 495 g/mol. The normalized spacial score (nSPS) is 10.9. The first-order chi connectivity index (χ1) is 12.8. The Morgan fingerprint density at radius 2 is 1.93 bits per heavy atom. The highest BCUT2D eigenvalue weighted by atomic mass is 79.9. The van der Waals surface area contributed by atoms with Gasteiger partial charge >= 0.3 is 0 Å². The van der Waals surface area contributed by atoms with Gasteiger partial charge in [-0.05, 0) is 36.4 Å². The van der Waals surface area contributed by atoms with Crippen LogP contribution in [0.4, 0.5) is 5.69 Å². The number of rotatable bonds is 5. The topological polar surface area (TPSA) is 59.8 Å². The molecule has 2 aromatic carbocycles. The van der Waals surface area contributed by atoms with Gasteiger partial charge in [0.2, 0.25) is 5.91 Å². The molecule has 1 N–H and O–H groups in total. The van der Waals surface area contributed by atoms with Crippen LogP contribution in [0.5, 0.6) is 0 Å². The average Bonchev–Trinajstić information content (AvgIpc) is 2.96. The van der Waals surface area contributed by atoms with Gasteiger partial charge in [-0.15, -0.1) is 10.2 Å². The van der Waals surface area contributed by atoms with Crippen molar-refractivity contribution in [3.05, 3.63) is 55.9 Å². The first-order valence-corrected chi connectivity index (χ1v) is 10.5. The van der Waals surface area contributed by atoms with E-state index in [0.717, 1.165) is 4.47 Å². The van der Waals surface area contributed by atoms with Crippen molar-refractivity contribution in [2.24, 2.45) is 7.05 Å². The summed E-state index contributed by atoms with van der Waals surface area (Å²) >= 11 is 22.9. The molecule has 0 aliphatic heterocycles. The number of anilines is 1. The van der Waals surface area contributed by atoms with Crippen LogP contribution in [0, 0.1) is 0 Å². The SMILES string of the molecule is Cn1c(SCC(=O)Nc2ccc(Br)cc2Cl)nnc1-c1ccc(Cl)cc1Cl. The monoisotopic (exact) mass is 504 g/mol. The number of hydrogen-bond acceptors (Lipinski definition) is 4. The van der Waals surface area contributed by atoms with Gasteiger partial charge in [-0.1, -0.05) is 62.5 Å². The fraction of sp³-hybridized carbons (Fsp3) is 0.118. The van der Waals surface area contributed by atoms with E-state index in [2.05, 4.69) is 31.4 Å². The Morgan fingerprint density at radius 3 is 2.63 bits per heavy atom. The minimum atomic E-state index is -0.196. The molecule has 0 unspecified atom stereocenters. The van der Waals surface area contributed by atoms with E-state index in [0.29, 0.717) is 37.3 Å². The highest BCUT2D eigenvalue weighted by Crippen LogP contribution is 2.31. The molecule has 10 heteroatoms. The lowest BCUT2D eigenvalue weighted by Crippen LogP contribution is -2.14. The van der Waals surface area contributed by atoms with Gasteiger partial charge in [-0.2, -0.15) is 0 Å². The number of amides is 1. The van der Waals surface area contributed by atoms with Crippen LogP contribution in [0.25, 0.3) is 11.4 Å². The summed E-state index contributed by atoms with van der Waals surface area (Å²) in [6.45, 7) is 0. The van der Waals surface area contributed by atoms with Crippen LogP contribution in [-0.4, -0.2) is 26.4 Å². The number of carbonyl (C=O) groups is 1. The maximum atomic E-state index is 12.2. The van der Waals surface area contributed by atoms with Crippen LogP contribution >= 0.6 is 62.5 Å². The molecule has 0 saturated carbocycles. The van der Waals surface area contributed by atoms with Crippen LogP contribution in [0.2, 0.25) is 15.1 Å². The van der Waals surface area contributed by atoms with Crippen molar-refractivity contribution in [1.82, 2.24) is 14.8 Å². The Morgan fingerprint density at radius 1 is 1.15 bits per heavy atom. The number of hydrogen-bond donors (Lipinski definition) is 1. The Labute approximate surface area is 183 Å². The van der Waals surface area contributed by atoms with E-state index in [4.69, 9.17) is 34.8 Å². The molecule has 0 saturated heterocycles. The zero-order valence-corrected chi connectivity index (χ0v) is 18.5. The third-order valence-corrected chi connectivity index (χ3v) is 5.92. The van der Waals surface area contributed by atoms with E-state index < -0.39 is 0 Å². The molecule has 0 radical (unpaired) electrons. The molecule has 0 aliphatic rings. The van der Waals surface area contributed by atoms with E-state index >= 15 is 0 Å². The summed E-state index contributed by atoms with van der Waals surface area (Å²) in [5.74, 6) is 0.557. The van der Waals surface area contributed by atoms with E-state index in [1.54, 1.807) is 41.0 Å². The lowest BCUT2D eigenvalue weighted by molar-refractivity contribution is -0.113. The molecule has 3 rings (SSSR count). The first-order valence-electron chi connectivity index (χ1n) is 7.57. The summed E-state index contributed by atoms with van der Waals surface area (Å²) < 4.78 is 2.62. The average molecular weight is 507 g/mol. The number of thioether (sulfide) groups is 1. The number of nitrogens with zero attached hydrogens (tertiary/aromatic N) is 3. The van der Waals surface area contributed by atoms with Gasteiger partial charge in [-0.3, -0.25) is 4.79 Å². The van der Waals surface area contributed by atoms with Crippen LogP contribution in [-0.2, 0) is 11.8 Å². The van der Waals surface area contributed by atoms with Gasteiger partial charge in [0, 0.05) is 22.1 Å². The number of carbonyl (C=O) groups excluding carboxylic acids is 1. The highest BCUT2D eigenvalue weighted by Gasteiger charge is 2.16. The number of benzene rings is 2. The fourth-order valence-corrected chi connectivity index (χ4v) is 4.18. The molecule has 0 aliphatic carbocycles. The minimum Gasteiger partial charge on any atom is -0.324 e. The maximum absolute atomic E-state index is 12.2. The van der Waals surface area contributed by atoms with Gasteiger partial charge in [0.15, 0.2) is 11.0 Å². The second kappa shape index (κ2) is 8.84. The fourth-order valence-electron chi connectivity index (χ4n) is 2.25. The summed E-state index contributed by atoms with van der Waals surface area (Å²) in [6.07, 6.45) is 0. The first kappa shape index (κ1) is 20.5. The Kier molecular flexibility index (Phi) is 6.70. The maximum Gasteiger partial charge on any atom is 0.234 e. The quantitative estimate of drug-likeness (QED) is 0.436. The van der Waals surface area contributed by atoms with Gasteiger partial charge in [-0.25, -0.2) is 0 Å². The van der Waals surface area contributed by atoms with E-state index in [1.807, 2.05) is 7.05 Å². The lowest BCUT2D eigenvalue weighted by atomic mass is 10.2. The molecule has 0 spiro atoms. The molecule has 3 aromatic rings. The van der Waals surface area contributed by atoms with E-state index in [1.165, 1.54) is 11.8 Å². The predicted molar refractivity (Wildman–Crippen MR) is 115 cm³/mol. The molecule has 5 nitrogen and oxygen atoms in total. The smallest absolute Gasteiger partial charge is 0.234 e. The third-order valence-electron chi connectivity index (χ3n) is 3.54. The van der Waals surface area contributed by atoms with Crippen LogP contribution in [0.3, 0.4) is 0 Å². The van der Waals surface area contributed by atoms with E-state index in [9.17, 15) is 4.79 Å². The van der Waals surface area contributed by atoms with Crippen LogP contribution in [0.15, 0.2) is 46.0 Å². The molecule has 1 aromatic heterocycles. The minimum absolute atomic E-state index is 0.159. The van der Waals surface area contributed by atoms with Crippen molar-refractivity contribution in [2.45, 2.75) is 5.16 Å².